The molecule has 5 heteroatoms. The van der Waals surface area contributed by atoms with Crippen molar-refractivity contribution in [3.05, 3.63) is 45.2 Å². The molecule has 23 heavy (non-hydrogen) atoms. The molecule has 4 nitrogen and oxygen atoms in total. The van der Waals surface area contributed by atoms with Gasteiger partial charge in [-0.3, -0.25) is 4.79 Å². The van der Waals surface area contributed by atoms with E-state index in [0.717, 1.165) is 55.0 Å². The van der Waals surface area contributed by atoms with Crippen molar-refractivity contribution < 1.29 is 4.79 Å². The smallest absolute Gasteiger partial charge is 0.264 e. The predicted molar refractivity (Wildman–Crippen MR) is 91.0 cm³/mol. The molecular formula is C18H21N3OS. The Morgan fingerprint density at radius 2 is 2.22 bits per heavy atom. The molecule has 1 aliphatic heterocycles. The van der Waals surface area contributed by atoms with Crippen LogP contribution in [0.5, 0.6) is 0 Å². The van der Waals surface area contributed by atoms with E-state index < -0.39 is 0 Å². The minimum atomic E-state index is 0.0438. The van der Waals surface area contributed by atoms with Gasteiger partial charge in [-0.25, -0.2) is 9.97 Å². The summed E-state index contributed by atoms with van der Waals surface area (Å²) in [6.45, 7) is 5.63. The Labute approximate surface area is 140 Å². The molecule has 4 rings (SSSR count). The summed E-state index contributed by atoms with van der Waals surface area (Å²) in [6, 6.07) is 2.03. The van der Waals surface area contributed by atoms with Crippen molar-refractivity contribution in [3.8, 4) is 0 Å². The molecule has 0 N–H and O–H groups in total. The molecule has 0 radical (unpaired) electrons. The van der Waals surface area contributed by atoms with E-state index in [2.05, 4.69) is 9.88 Å². The van der Waals surface area contributed by atoms with E-state index in [1.54, 1.807) is 11.3 Å². The third kappa shape index (κ3) is 2.38. The Bertz CT molecular complexity index is 765. The number of amides is 1. The van der Waals surface area contributed by atoms with Crippen molar-refractivity contribution in [1.29, 1.82) is 0 Å². The minimum absolute atomic E-state index is 0.0438. The van der Waals surface area contributed by atoms with Gasteiger partial charge >= 0.3 is 0 Å². The number of carbonyl (C=O) groups is 1. The fourth-order valence-corrected chi connectivity index (χ4v) is 4.96. The molecule has 2 aliphatic rings. The summed E-state index contributed by atoms with van der Waals surface area (Å²) >= 11 is 1.55. The summed E-state index contributed by atoms with van der Waals surface area (Å²) in [4.78, 5) is 24.9. The van der Waals surface area contributed by atoms with Gasteiger partial charge in [-0.05, 0) is 62.1 Å². The van der Waals surface area contributed by atoms with Gasteiger partial charge in [0.15, 0.2) is 0 Å². The maximum Gasteiger partial charge on any atom is 0.264 e. The van der Waals surface area contributed by atoms with Crippen molar-refractivity contribution in [2.75, 3.05) is 13.1 Å². The SMILES string of the molecule is Cc1ncc2c(n1)C1(CCCN(C(=O)c3sccc3C)C1)CC2. The van der Waals surface area contributed by atoms with Crippen LogP contribution in [0.4, 0.5) is 0 Å². The van der Waals surface area contributed by atoms with Gasteiger partial charge in [-0.2, -0.15) is 0 Å². The van der Waals surface area contributed by atoms with Gasteiger partial charge < -0.3 is 4.90 Å². The summed E-state index contributed by atoms with van der Waals surface area (Å²) in [6.07, 6.45) is 6.29. The number of aryl methyl sites for hydroxylation is 3. The summed E-state index contributed by atoms with van der Waals surface area (Å²) in [5, 5.41) is 2.00. The van der Waals surface area contributed by atoms with Crippen molar-refractivity contribution >= 4 is 17.2 Å². The summed E-state index contributed by atoms with van der Waals surface area (Å²) in [5.74, 6) is 1.03. The molecular weight excluding hydrogens is 306 g/mol. The van der Waals surface area contributed by atoms with Crippen molar-refractivity contribution in [2.24, 2.45) is 0 Å². The van der Waals surface area contributed by atoms with Crippen molar-refractivity contribution in [1.82, 2.24) is 14.9 Å². The van der Waals surface area contributed by atoms with E-state index >= 15 is 0 Å². The van der Waals surface area contributed by atoms with Gasteiger partial charge in [-0.15, -0.1) is 11.3 Å². The average molecular weight is 327 g/mol. The first kappa shape index (κ1) is 14.8. The van der Waals surface area contributed by atoms with Gasteiger partial charge in [0.2, 0.25) is 0 Å². The number of thiophene rings is 1. The first-order valence-electron chi connectivity index (χ1n) is 8.25. The van der Waals surface area contributed by atoms with Crippen molar-refractivity contribution in [3.63, 3.8) is 0 Å². The zero-order valence-electron chi connectivity index (χ0n) is 13.6. The maximum atomic E-state index is 12.9. The molecule has 0 aromatic carbocycles. The topological polar surface area (TPSA) is 46.1 Å². The molecule has 1 unspecified atom stereocenters. The van der Waals surface area contributed by atoms with Crippen LogP contribution in [0, 0.1) is 13.8 Å². The molecule has 0 saturated carbocycles. The molecule has 1 spiro atoms. The number of hydrogen-bond donors (Lipinski definition) is 0. The number of fused-ring (bicyclic) bond motifs is 2. The second-order valence-corrected chi connectivity index (χ2v) is 7.75. The van der Waals surface area contributed by atoms with Gasteiger partial charge in [0.25, 0.3) is 5.91 Å². The Hall–Kier alpha value is -1.75. The maximum absolute atomic E-state index is 12.9. The van der Waals surface area contributed by atoms with E-state index in [1.807, 2.05) is 31.5 Å². The zero-order chi connectivity index (χ0) is 16.0. The number of nitrogens with zero attached hydrogens (tertiary/aromatic N) is 3. The van der Waals surface area contributed by atoms with Crippen LogP contribution < -0.4 is 0 Å². The molecule has 3 heterocycles. The van der Waals surface area contributed by atoms with Crippen LogP contribution in [0.3, 0.4) is 0 Å². The first-order valence-corrected chi connectivity index (χ1v) is 9.13. The van der Waals surface area contributed by atoms with E-state index in [0.29, 0.717) is 0 Å². The van der Waals surface area contributed by atoms with E-state index in [4.69, 9.17) is 4.98 Å². The monoisotopic (exact) mass is 327 g/mol. The summed E-state index contributed by atoms with van der Waals surface area (Å²) in [7, 11) is 0. The first-order chi connectivity index (χ1) is 11.1. The van der Waals surface area contributed by atoms with Gasteiger partial charge in [0, 0.05) is 24.7 Å². The third-order valence-electron chi connectivity index (χ3n) is 5.28. The molecule has 2 aromatic heterocycles. The number of piperidine rings is 1. The van der Waals surface area contributed by atoms with Crippen LogP contribution in [0.1, 0.15) is 51.6 Å². The average Bonchev–Trinajstić information content (AvgIpc) is 3.12. The quantitative estimate of drug-likeness (QED) is 0.807. The second-order valence-electron chi connectivity index (χ2n) is 6.83. The van der Waals surface area contributed by atoms with Crippen LogP contribution in [0.25, 0.3) is 0 Å². The van der Waals surface area contributed by atoms with Gasteiger partial charge in [0.1, 0.15) is 5.82 Å². The highest BCUT2D eigenvalue weighted by Crippen LogP contribution is 2.44. The van der Waals surface area contributed by atoms with Crippen LogP contribution in [-0.2, 0) is 11.8 Å². The summed E-state index contributed by atoms with van der Waals surface area (Å²) < 4.78 is 0. The lowest BCUT2D eigenvalue weighted by Gasteiger charge is -2.40. The Morgan fingerprint density at radius 1 is 1.35 bits per heavy atom. The molecule has 2 aromatic rings. The predicted octanol–water partition coefficient (Wildman–Crippen LogP) is 3.28. The molecule has 0 bridgehead atoms. The van der Waals surface area contributed by atoms with Crippen LogP contribution in [0.15, 0.2) is 17.6 Å². The third-order valence-corrected chi connectivity index (χ3v) is 6.29. The molecule has 1 saturated heterocycles. The molecule has 120 valence electrons. The highest BCUT2D eigenvalue weighted by molar-refractivity contribution is 7.12. The van der Waals surface area contributed by atoms with Crippen LogP contribution in [0.2, 0.25) is 0 Å². The standard InChI is InChI=1S/C18H21N3OS/c1-12-5-9-23-15(12)17(22)21-8-3-6-18(11-21)7-4-14-10-19-13(2)20-16(14)18/h5,9-10H,3-4,6-8,11H2,1-2H3. The molecule has 1 fully saturated rings. The number of carbonyl (C=O) groups excluding carboxylic acids is 1. The summed E-state index contributed by atoms with van der Waals surface area (Å²) in [5.41, 5.74) is 3.61. The number of rotatable bonds is 1. The van der Waals surface area contributed by atoms with Crippen LogP contribution >= 0.6 is 11.3 Å². The van der Waals surface area contributed by atoms with E-state index in [1.165, 1.54) is 11.3 Å². The normalized spacial score (nSPS) is 23.3. The minimum Gasteiger partial charge on any atom is -0.337 e. The van der Waals surface area contributed by atoms with Crippen molar-refractivity contribution in [2.45, 2.75) is 44.9 Å². The Kier molecular flexibility index (Phi) is 3.48. The van der Waals surface area contributed by atoms with E-state index in [9.17, 15) is 4.79 Å². The molecule has 1 amide bonds. The lowest BCUT2D eigenvalue weighted by molar-refractivity contribution is 0.0637. The molecule has 1 atom stereocenters. The zero-order valence-corrected chi connectivity index (χ0v) is 14.4. The van der Waals surface area contributed by atoms with Gasteiger partial charge in [-0.1, -0.05) is 0 Å². The Balaban J connectivity index is 1.65. The lowest BCUT2D eigenvalue weighted by Crippen LogP contribution is -2.48. The second kappa shape index (κ2) is 5.41. The largest absolute Gasteiger partial charge is 0.337 e. The highest BCUT2D eigenvalue weighted by Gasteiger charge is 2.44. The van der Waals surface area contributed by atoms with Crippen LogP contribution in [-0.4, -0.2) is 33.9 Å². The fraction of sp³-hybridized carbons (Fsp3) is 0.500. The molecule has 1 aliphatic carbocycles. The number of likely N-dealkylation sites (tertiary alicyclic amines) is 1. The highest BCUT2D eigenvalue weighted by atomic mass is 32.1. The van der Waals surface area contributed by atoms with E-state index in [-0.39, 0.29) is 11.3 Å². The Morgan fingerprint density at radius 3 is 3.00 bits per heavy atom. The fourth-order valence-electron chi connectivity index (χ4n) is 4.07. The van der Waals surface area contributed by atoms with Gasteiger partial charge in [0.05, 0.1) is 10.6 Å². The number of hydrogen-bond acceptors (Lipinski definition) is 4. The number of aromatic nitrogens is 2. The lowest BCUT2D eigenvalue weighted by atomic mass is 9.77.